The van der Waals surface area contributed by atoms with Gasteiger partial charge in [-0.15, -0.1) is 5.10 Å². The number of nitrogens with zero attached hydrogens (tertiary/aromatic N) is 5. The smallest absolute Gasteiger partial charge is 0.233 e. The predicted molar refractivity (Wildman–Crippen MR) is 100 cm³/mol. The first-order valence-electron chi connectivity index (χ1n) is 8.32. The average molecular weight is 368 g/mol. The molecule has 2 aromatic heterocycles. The first-order chi connectivity index (χ1) is 12.6. The Morgan fingerprint density at radius 2 is 2.19 bits per heavy atom. The normalized spacial score (nSPS) is 11.9. The number of carbonyl (C=O) groups is 1. The van der Waals surface area contributed by atoms with Crippen LogP contribution in [0.15, 0.2) is 53.9 Å². The van der Waals surface area contributed by atoms with Crippen LogP contribution in [0.2, 0.25) is 0 Å². The molecule has 1 N–H and O–H groups in total. The molecule has 8 heteroatoms. The molecule has 7 nitrogen and oxygen atoms in total. The zero-order chi connectivity index (χ0) is 18.4. The Morgan fingerprint density at radius 3 is 2.96 bits per heavy atom. The molecule has 0 spiro atoms. The Hall–Kier alpha value is -2.74. The van der Waals surface area contributed by atoms with E-state index in [4.69, 9.17) is 0 Å². The van der Waals surface area contributed by atoms with Crippen molar-refractivity contribution in [1.82, 2.24) is 30.5 Å². The molecule has 26 heavy (non-hydrogen) atoms. The number of carbonyl (C=O) groups excluding carboxylic acids is 1. The summed E-state index contributed by atoms with van der Waals surface area (Å²) in [5.74, 6) is -0.0438. The number of aromatic nitrogens is 5. The molecule has 0 aliphatic carbocycles. The van der Waals surface area contributed by atoms with Gasteiger partial charge in [-0.05, 0) is 60.0 Å². The first-order valence-corrected chi connectivity index (χ1v) is 9.20. The summed E-state index contributed by atoms with van der Waals surface area (Å²) in [7, 11) is 0. The van der Waals surface area contributed by atoms with Gasteiger partial charge < -0.3 is 5.32 Å². The standard InChI is InChI=1S/C18H20N6OS/c1-13-5-3-7-16(11-13)24-18(21-22-23-24)26-14(2)17(25)20-10-8-15-6-4-9-19-12-15/h3-7,9,11-12,14H,8,10H2,1-2H3,(H,20,25). The Balaban J connectivity index is 1.57. The number of nitrogens with one attached hydrogen (secondary N) is 1. The van der Waals surface area contributed by atoms with Crippen molar-refractivity contribution < 1.29 is 4.79 Å². The summed E-state index contributed by atoms with van der Waals surface area (Å²) in [6, 6.07) is 11.8. The van der Waals surface area contributed by atoms with E-state index in [-0.39, 0.29) is 11.2 Å². The van der Waals surface area contributed by atoms with Crippen LogP contribution < -0.4 is 5.32 Å². The molecule has 1 aromatic carbocycles. The maximum Gasteiger partial charge on any atom is 0.233 e. The van der Waals surface area contributed by atoms with E-state index in [9.17, 15) is 4.79 Å². The molecule has 134 valence electrons. The van der Waals surface area contributed by atoms with E-state index in [0.717, 1.165) is 23.2 Å². The summed E-state index contributed by atoms with van der Waals surface area (Å²) < 4.78 is 1.65. The van der Waals surface area contributed by atoms with Crippen LogP contribution in [0.4, 0.5) is 0 Å². The lowest BCUT2D eigenvalue weighted by Crippen LogP contribution is -2.32. The summed E-state index contributed by atoms with van der Waals surface area (Å²) >= 11 is 1.33. The van der Waals surface area contributed by atoms with Crippen molar-refractivity contribution in [3.05, 3.63) is 59.9 Å². The highest BCUT2D eigenvalue weighted by atomic mass is 32.2. The summed E-state index contributed by atoms with van der Waals surface area (Å²) in [4.78, 5) is 16.4. The summed E-state index contributed by atoms with van der Waals surface area (Å²) in [6.07, 6.45) is 4.29. The van der Waals surface area contributed by atoms with Crippen LogP contribution in [0.5, 0.6) is 0 Å². The predicted octanol–water partition coefficient (Wildman–Crippen LogP) is 2.21. The fraction of sp³-hybridized carbons (Fsp3) is 0.278. The van der Waals surface area contributed by atoms with Crippen molar-refractivity contribution >= 4 is 17.7 Å². The maximum absolute atomic E-state index is 12.3. The van der Waals surface area contributed by atoms with Crippen LogP contribution >= 0.6 is 11.8 Å². The van der Waals surface area contributed by atoms with E-state index in [1.54, 1.807) is 17.1 Å². The molecular formula is C18H20N6OS. The quantitative estimate of drug-likeness (QED) is 0.644. The molecule has 1 amide bonds. The van der Waals surface area contributed by atoms with Gasteiger partial charge >= 0.3 is 0 Å². The van der Waals surface area contributed by atoms with E-state index in [1.165, 1.54) is 11.8 Å². The topological polar surface area (TPSA) is 85.6 Å². The first kappa shape index (κ1) is 18.1. The highest BCUT2D eigenvalue weighted by Crippen LogP contribution is 2.23. The third-order valence-electron chi connectivity index (χ3n) is 3.77. The van der Waals surface area contributed by atoms with Crippen molar-refractivity contribution in [1.29, 1.82) is 0 Å². The number of thioether (sulfide) groups is 1. The minimum atomic E-state index is -0.307. The highest BCUT2D eigenvalue weighted by molar-refractivity contribution is 8.00. The van der Waals surface area contributed by atoms with Crippen LogP contribution in [-0.4, -0.2) is 42.9 Å². The van der Waals surface area contributed by atoms with Gasteiger partial charge in [0.15, 0.2) is 0 Å². The van der Waals surface area contributed by atoms with Crippen molar-refractivity contribution in [2.24, 2.45) is 0 Å². The van der Waals surface area contributed by atoms with E-state index >= 15 is 0 Å². The van der Waals surface area contributed by atoms with E-state index in [2.05, 4.69) is 25.8 Å². The van der Waals surface area contributed by atoms with Gasteiger partial charge in [0.25, 0.3) is 0 Å². The molecule has 0 radical (unpaired) electrons. The molecule has 0 saturated carbocycles. The second kappa shape index (κ2) is 8.57. The lowest BCUT2D eigenvalue weighted by molar-refractivity contribution is -0.120. The van der Waals surface area contributed by atoms with Crippen LogP contribution in [0.25, 0.3) is 5.69 Å². The lowest BCUT2D eigenvalue weighted by Gasteiger charge is -2.12. The van der Waals surface area contributed by atoms with Crippen molar-refractivity contribution in [2.75, 3.05) is 6.54 Å². The Labute approximate surface area is 156 Å². The fourth-order valence-corrected chi connectivity index (χ4v) is 3.24. The number of benzene rings is 1. The minimum Gasteiger partial charge on any atom is -0.355 e. The zero-order valence-corrected chi connectivity index (χ0v) is 15.5. The highest BCUT2D eigenvalue weighted by Gasteiger charge is 2.19. The van der Waals surface area contributed by atoms with Gasteiger partial charge in [0.05, 0.1) is 10.9 Å². The van der Waals surface area contributed by atoms with Gasteiger partial charge in [0.2, 0.25) is 11.1 Å². The Bertz CT molecular complexity index is 867. The molecule has 0 aliphatic heterocycles. The second-order valence-electron chi connectivity index (χ2n) is 5.87. The van der Waals surface area contributed by atoms with E-state index in [1.807, 2.05) is 50.2 Å². The van der Waals surface area contributed by atoms with Gasteiger partial charge in [-0.25, -0.2) is 0 Å². The molecule has 3 aromatic rings. The SMILES string of the molecule is Cc1cccc(-n2nnnc2SC(C)C(=O)NCCc2cccnc2)c1. The number of hydrogen-bond donors (Lipinski definition) is 1. The molecule has 3 rings (SSSR count). The summed E-state index contributed by atoms with van der Waals surface area (Å²) in [6.45, 7) is 4.43. The third kappa shape index (κ3) is 4.66. The third-order valence-corrected chi connectivity index (χ3v) is 4.81. The van der Waals surface area contributed by atoms with Gasteiger partial charge in [0.1, 0.15) is 0 Å². The van der Waals surface area contributed by atoms with Crippen LogP contribution in [-0.2, 0) is 11.2 Å². The minimum absolute atomic E-state index is 0.0438. The Kier molecular flexibility index (Phi) is 5.96. The monoisotopic (exact) mass is 368 g/mol. The number of rotatable bonds is 7. The van der Waals surface area contributed by atoms with Crippen LogP contribution in [0.3, 0.4) is 0 Å². The van der Waals surface area contributed by atoms with Crippen molar-refractivity contribution in [3.63, 3.8) is 0 Å². The average Bonchev–Trinajstić information content (AvgIpc) is 3.10. The van der Waals surface area contributed by atoms with Gasteiger partial charge in [-0.2, -0.15) is 4.68 Å². The van der Waals surface area contributed by atoms with Crippen LogP contribution in [0.1, 0.15) is 18.1 Å². The van der Waals surface area contributed by atoms with Crippen LogP contribution in [0, 0.1) is 6.92 Å². The van der Waals surface area contributed by atoms with Gasteiger partial charge in [0, 0.05) is 18.9 Å². The molecule has 0 saturated heterocycles. The molecule has 1 atom stereocenters. The number of tetrazole rings is 1. The van der Waals surface area contributed by atoms with Gasteiger partial charge in [-0.3, -0.25) is 9.78 Å². The Morgan fingerprint density at radius 1 is 1.31 bits per heavy atom. The zero-order valence-electron chi connectivity index (χ0n) is 14.7. The van der Waals surface area contributed by atoms with E-state index in [0.29, 0.717) is 11.7 Å². The van der Waals surface area contributed by atoms with Gasteiger partial charge in [-0.1, -0.05) is 30.0 Å². The largest absolute Gasteiger partial charge is 0.355 e. The molecule has 0 aliphatic rings. The van der Waals surface area contributed by atoms with Crippen molar-refractivity contribution in [3.8, 4) is 5.69 Å². The van der Waals surface area contributed by atoms with E-state index < -0.39 is 0 Å². The number of pyridine rings is 1. The molecule has 0 fully saturated rings. The number of amides is 1. The lowest BCUT2D eigenvalue weighted by atomic mass is 10.2. The summed E-state index contributed by atoms with van der Waals surface area (Å²) in [5.41, 5.74) is 3.09. The second-order valence-corrected chi connectivity index (χ2v) is 7.18. The molecule has 0 bridgehead atoms. The summed E-state index contributed by atoms with van der Waals surface area (Å²) in [5, 5.41) is 15.1. The fourth-order valence-electron chi connectivity index (χ4n) is 2.41. The maximum atomic E-state index is 12.3. The van der Waals surface area contributed by atoms with Crippen molar-refractivity contribution in [2.45, 2.75) is 30.7 Å². The molecule has 1 unspecified atom stereocenters. The molecule has 2 heterocycles. The number of aryl methyl sites for hydroxylation is 1. The molecular weight excluding hydrogens is 348 g/mol. The number of hydrogen-bond acceptors (Lipinski definition) is 6.